The standard InChI is InChI=1S/C20H24N4O2S/c1-3-4-5-6-7-8-17-23-24-18(21)16(19(25)22-20(24)27-17)13-14-9-11-15(26-2)12-10-14/h9-13,21H,3-8H2,1-2H3. The lowest BCUT2D eigenvalue weighted by molar-refractivity contribution is -0.114. The van der Waals surface area contributed by atoms with Gasteiger partial charge in [0.15, 0.2) is 5.84 Å². The molecule has 2 aliphatic rings. The summed E-state index contributed by atoms with van der Waals surface area (Å²) in [5.74, 6) is 0.426. The van der Waals surface area contributed by atoms with Crippen LogP contribution in [-0.2, 0) is 4.79 Å². The van der Waals surface area contributed by atoms with E-state index in [1.807, 2.05) is 24.3 Å². The van der Waals surface area contributed by atoms with Crippen LogP contribution in [0.4, 0.5) is 0 Å². The highest BCUT2D eigenvalue weighted by Gasteiger charge is 2.35. The van der Waals surface area contributed by atoms with Crippen LogP contribution < -0.4 is 4.74 Å². The maximum Gasteiger partial charge on any atom is 0.283 e. The smallest absolute Gasteiger partial charge is 0.283 e. The number of unbranched alkanes of at least 4 members (excludes halogenated alkanes) is 4. The highest BCUT2D eigenvalue weighted by atomic mass is 32.2. The van der Waals surface area contributed by atoms with Crippen LogP contribution in [0.5, 0.6) is 5.75 Å². The van der Waals surface area contributed by atoms with Crippen molar-refractivity contribution in [3.05, 3.63) is 35.4 Å². The van der Waals surface area contributed by atoms with Gasteiger partial charge in [0.05, 0.1) is 12.7 Å². The fraction of sp³-hybridized carbons (Fsp3) is 0.400. The molecule has 0 saturated carbocycles. The number of nitrogens with one attached hydrogen (secondary N) is 1. The Morgan fingerprint density at radius 2 is 1.93 bits per heavy atom. The van der Waals surface area contributed by atoms with Gasteiger partial charge in [0, 0.05) is 0 Å². The molecule has 3 rings (SSSR count). The third-order valence-corrected chi connectivity index (χ3v) is 5.39. The number of aliphatic imine (C=N–C) groups is 1. The molecule has 0 saturated heterocycles. The van der Waals surface area contributed by atoms with Gasteiger partial charge in [0.1, 0.15) is 10.8 Å². The number of carbonyl (C=O) groups is 1. The Hall–Kier alpha value is -2.41. The van der Waals surface area contributed by atoms with Crippen LogP contribution in [0.3, 0.4) is 0 Å². The zero-order valence-electron chi connectivity index (χ0n) is 15.7. The lowest BCUT2D eigenvalue weighted by Gasteiger charge is -2.20. The normalized spacial score (nSPS) is 17.9. The van der Waals surface area contributed by atoms with E-state index in [1.165, 1.54) is 42.5 Å². The summed E-state index contributed by atoms with van der Waals surface area (Å²) in [6.07, 6.45) is 8.51. The third kappa shape index (κ3) is 4.66. The lowest BCUT2D eigenvalue weighted by atomic mass is 10.1. The van der Waals surface area contributed by atoms with Gasteiger partial charge >= 0.3 is 0 Å². The van der Waals surface area contributed by atoms with E-state index in [4.69, 9.17) is 10.1 Å². The van der Waals surface area contributed by atoms with Crippen LogP contribution in [0, 0.1) is 5.41 Å². The number of ether oxygens (including phenoxy) is 1. The third-order valence-electron chi connectivity index (χ3n) is 4.42. The van der Waals surface area contributed by atoms with Crippen LogP contribution in [0.1, 0.15) is 51.0 Å². The zero-order chi connectivity index (χ0) is 19.2. The van der Waals surface area contributed by atoms with Gasteiger partial charge in [0.25, 0.3) is 5.91 Å². The molecule has 1 N–H and O–H groups in total. The molecule has 0 aromatic heterocycles. The highest BCUT2D eigenvalue weighted by Crippen LogP contribution is 2.30. The topological polar surface area (TPSA) is 78.1 Å². The zero-order valence-corrected chi connectivity index (χ0v) is 16.5. The van der Waals surface area contributed by atoms with Gasteiger partial charge in [0.2, 0.25) is 5.17 Å². The number of amides is 1. The molecule has 27 heavy (non-hydrogen) atoms. The predicted octanol–water partition coefficient (Wildman–Crippen LogP) is 4.67. The lowest BCUT2D eigenvalue weighted by Crippen LogP contribution is -2.35. The van der Waals surface area contributed by atoms with E-state index in [0.29, 0.717) is 5.17 Å². The van der Waals surface area contributed by atoms with Crippen LogP contribution in [0.2, 0.25) is 0 Å². The fourth-order valence-electron chi connectivity index (χ4n) is 2.88. The van der Waals surface area contributed by atoms with Crippen LogP contribution in [-0.4, -0.2) is 34.1 Å². The molecule has 2 heterocycles. The van der Waals surface area contributed by atoms with E-state index in [-0.39, 0.29) is 11.4 Å². The SMILES string of the molecule is CCCCCCCC1=NN2C(=N)C(=Cc3ccc(OC)cc3)C(=O)N=C2S1. The molecule has 0 unspecified atom stereocenters. The number of rotatable bonds is 8. The molecular weight excluding hydrogens is 360 g/mol. The molecule has 7 heteroatoms. The molecule has 2 aliphatic heterocycles. The minimum Gasteiger partial charge on any atom is -0.497 e. The molecule has 0 radical (unpaired) electrons. The summed E-state index contributed by atoms with van der Waals surface area (Å²) in [5.41, 5.74) is 1.06. The average molecular weight is 385 g/mol. The van der Waals surface area contributed by atoms with Gasteiger partial charge in [-0.25, -0.2) is 0 Å². The molecule has 0 atom stereocenters. The molecule has 1 aromatic carbocycles. The van der Waals surface area contributed by atoms with E-state index < -0.39 is 5.91 Å². The second-order valence-electron chi connectivity index (χ2n) is 6.45. The van der Waals surface area contributed by atoms with Crippen molar-refractivity contribution in [2.45, 2.75) is 45.4 Å². The number of benzene rings is 1. The molecule has 142 valence electrons. The van der Waals surface area contributed by atoms with Crippen molar-refractivity contribution >= 4 is 39.8 Å². The van der Waals surface area contributed by atoms with Crippen molar-refractivity contribution in [1.29, 1.82) is 5.41 Å². The first-order valence-electron chi connectivity index (χ1n) is 9.25. The highest BCUT2D eigenvalue weighted by molar-refractivity contribution is 8.26. The van der Waals surface area contributed by atoms with E-state index in [9.17, 15) is 4.79 Å². The number of amidine groups is 2. The summed E-state index contributed by atoms with van der Waals surface area (Å²) in [7, 11) is 1.61. The first-order valence-corrected chi connectivity index (χ1v) is 10.1. The van der Waals surface area contributed by atoms with Gasteiger partial charge in [-0.3, -0.25) is 10.2 Å². The monoisotopic (exact) mass is 384 g/mol. The van der Waals surface area contributed by atoms with Crippen molar-refractivity contribution < 1.29 is 9.53 Å². The Morgan fingerprint density at radius 1 is 1.19 bits per heavy atom. The maximum atomic E-state index is 12.4. The molecule has 0 bridgehead atoms. The number of hydrogen-bond acceptors (Lipinski definition) is 5. The summed E-state index contributed by atoms with van der Waals surface area (Å²) in [4.78, 5) is 16.5. The first-order chi connectivity index (χ1) is 13.1. The summed E-state index contributed by atoms with van der Waals surface area (Å²) < 4.78 is 5.14. The van der Waals surface area contributed by atoms with Crippen molar-refractivity contribution in [2.24, 2.45) is 10.1 Å². The van der Waals surface area contributed by atoms with Crippen molar-refractivity contribution in [3.8, 4) is 5.75 Å². The van der Waals surface area contributed by atoms with E-state index in [1.54, 1.807) is 13.2 Å². The Bertz CT molecular complexity index is 812. The molecule has 0 spiro atoms. The van der Waals surface area contributed by atoms with Crippen LogP contribution in [0.25, 0.3) is 6.08 Å². The number of hydrazone groups is 1. The number of methoxy groups -OCH3 is 1. The minimum absolute atomic E-state index is 0.0781. The summed E-state index contributed by atoms with van der Waals surface area (Å²) in [6, 6.07) is 7.32. The molecule has 0 aliphatic carbocycles. The van der Waals surface area contributed by atoms with Gasteiger partial charge in [-0.2, -0.15) is 15.1 Å². The van der Waals surface area contributed by atoms with Crippen LogP contribution in [0.15, 0.2) is 39.9 Å². The summed E-state index contributed by atoms with van der Waals surface area (Å²) in [5, 5.41) is 15.8. The predicted molar refractivity (Wildman–Crippen MR) is 111 cm³/mol. The largest absolute Gasteiger partial charge is 0.497 e. The number of nitrogens with zero attached hydrogens (tertiary/aromatic N) is 3. The number of fused-ring (bicyclic) bond motifs is 1. The maximum absolute atomic E-state index is 12.4. The summed E-state index contributed by atoms with van der Waals surface area (Å²) in [6.45, 7) is 2.20. The molecule has 0 fully saturated rings. The Kier molecular flexibility index (Phi) is 6.45. The second kappa shape index (κ2) is 8.99. The Balaban J connectivity index is 1.70. The van der Waals surface area contributed by atoms with Crippen molar-refractivity contribution in [2.75, 3.05) is 7.11 Å². The second-order valence-corrected chi connectivity index (χ2v) is 7.49. The van der Waals surface area contributed by atoms with Crippen molar-refractivity contribution in [1.82, 2.24) is 5.01 Å². The van der Waals surface area contributed by atoms with E-state index in [0.717, 1.165) is 29.2 Å². The van der Waals surface area contributed by atoms with Crippen LogP contribution >= 0.6 is 11.8 Å². The Labute approximate surface area is 163 Å². The number of hydrogen-bond donors (Lipinski definition) is 1. The molecule has 1 amide bonds. The van der Waals surface area contributed by atoms with Gasteiger partial charge < -0.3 is 4.74 Å². The molecular formula is C20H24N4O2S. The van der Waals surface area contributed by atoms with E-state index in [2.05, 4.69) is 17.0 Å². The number of carbonyl (C=O) groups excluding carboxylic acids is 1. The fourth-order valence-corrected chi connectivity index (χ4v) is 3.81. The van der Waals surface area contributed by atoms with Gasteiger partial charge in [-0.15, -0.1) is 0 Å². The average Bonchev–Trinajstić information content (AvgIpc) is 3.08. The van der Waals surface area contributed by atoms with Crippen molar-refractivity contribution in [3.63, 3.8) is 0 Å². The first kappa shape index (κ1) is 19.4. The quantitative estimate of drug-likeness (QED) is 0.522. The van der Waals surface area contributed by atoms with E-state index >= 15 is 0 Å². The molecule has 6 nitrogen and oxygen atoms in total. The summed E-state index contributed by atoms with van der Waals surface area (Å²) >= 11 is 1.40. The molecule has 1 aromatic rings. The number of thioether (sulfide) groups is 1. The van der Waals surface area contributed by atoms with Gasteiger partial charge in [-0.05, 0) is 48.4 Å². The minimum atomic E-state index is -0.394. The van der Waals surface area contributed by atoms with Gasteiger partial charge in [-0.1, -0.05) is 44.7 Å². The Morgan fingerprint density at radius 3 is 2.63 bits per heavy atom.